The van der Waals surface area contributed by atoms with E-state index in [0.29, 0.717) is 17.2 Å². The van der Waals surface area contributed by atoms with Crippen LogP contribution >= 0.6 is 0 Å². The third kappa shape index (κ3) is 4.79. The molecular weight excluding hydrogens is 412 g/mol. The fourth-order valence-corrected chi connectivity index (χ4v) is 3.92. The van der Waals surface area contributed by atoms with Crippen LogP contribution < -0.4 is 0 Å². The van der Waals surface area contributed by atoms with Gasteiger partial charge in [-0.1, -0.05) is 62.9 Å². The second kappa shape index (κ2) is 9.90. The van der Waals surface area contributed by atoms with Crippen molar-refractivity contribution in [2.24, 2.45) is 0 Å². The minimum absolute atomic E-state index is 0.0216. The molecule has 0 spiro atoms. The fraction of sp³-hybridized carbons (Fsp3) is 0.308. The summed E-state index contributed by atoms with van der Waals surface area (Å²) in [7, 11) is 0. The predicted octanol–water partition coefficient (Wildman–Crippen LogP) is 5.61. The van der Waals surface area contributed by atoms with E-state index in [0.717, 1.165) is 17.2 Å². The number of nitrogens with zero attached hydrogens (tertiary/aromatic N) is 1. The molecule has 4 nitrogen and oxygen atoms in total. The van der Waals surface area contributed by atoms with Crippen LogP contribution in [0.4, 0.5) is 8.78 Å². The van der Waals surface area contributed by atoms with Crippen LogP contribution in [0.25, 0.3) is 0 Å². The standard InChI is InChI=1S/C26H27F2NO3/c1-5-13-32-26(31)24-17(4)29(15-20-7-6-8-22(27)25(20)28)23(30)14-21(24)19-11-9-18(10-12-19)16(2)3/h5-12,16,21H,1,13-15H2,2-4H3. The summed E-state index contributed by atoms with van der Waals surface area (Å²) in [6.45, 7) is 9.23. The van der Waals surface area contributed by atoms with Crippen LogP contribution in [0.3, 0.4) is 0 Å². The van der Waals surface area contributed by atoms with Crippen LogP contribution in [-0.2, 0) is 20.9 Å². The summed E-state index contributed by atoms with van der Waals surface area (Å²) in [6, 6.07) is 11.6. The molecule has 0 fully saturated rings. The van der Waals surface area contributed by atoms with Gasteiger partial charge in [0.1, 0.15) is 6.61 Å². The van der Waals surface area contributed by atoms with Crippen LogP contribution in [0.5, 0.6) is 0 Å². The predicted molar refractivity (Wildman–Crippen MR) is 119 cm³/mol. The summed E-state index contributed by atoms with van der Waals surface area (Å²) >= 11 is 0. The first-order valence-electron chi connectivity index (χ1n) is 10.6. The third-order valence-corrected chi connectivity index (χ3v) is 5.74. The monoisotopic (exact) mass is 439 g/mol. The summed E-state index contributed by atoms with van der Waals surface area (Å²) in [5, 5.41) is 0. The number of carbonyl (C=O) groups excluding carboxylic acids is 2. The van der Waals surface area contributed by atoms with Crippen molar-refractivity contribution < 1.29 is 23.1 Å². The third-order valence-electron chi connectivity index (χ3n) is 5.74. The molecule has 1 aliphatic heterocycles. The van der Waals surface area contributed by atoms with E-state index in [1.165, 1.54) is 23.1 Å². The van der Waals surface area contributed by atoms with Crippen molar-refractivity contribution in [3.05, 3.63) is 94.7 Å². The van der Waals surface area contributed by atoms with Crippen molar-refractivity contribution in [2.45, 2.75) is 45.6 Å². The molecule has 1 heterocycles. The zero-order chi connectivity index (χ0) is 23.4. The summed E-state index contributed by atoms with van der Waals surface area (Å²) in [5.74, 6) is -2.96. The summed E-state index contributed by atoms with van der Waals surface area (Å²) in [6.07, 6.45) is 1.49. The van der Waals surface area contributed by atoms with Gasteiger partial charge in [-0.05, 0) is 30.0 Å². The molecule has 168 valence electrons. The number of carbonyl (C=O) groups is 2. The maximum atomic E-state index is 14.2. The molecular formula is C26H27F2NO3. The number of hydrogen-bond donors (Lipinski definition) is 0. The first-order valence-corrected chi connectivity index (χ1v) is 10.6. The molecule has 0 saturated heterocycles. The van der Waals surface area contributed by atoms with Gasteiger partial charge in [0, 0.05) is 23.6 Å². The lowest BCUT2D eigenvalue weighted by Gasteiger charge is -2.34. The van der Waals surface area contributed by atoms with E-state index in [2.05, 4.69) is 20.4 Å². The van der Waals surface area contributed by atoms with Crippen molar-refractivity contribution in [3.63, 3.8) is 0 Å². The van der Waals surface area contributed by atoms with Crippen molar-refractivity contribution in [1.82, 2.24) is 4.90 Å². The van der Waals surface area contributed by atoms with E-state index >= 15 is 0 Å². The van der Waals surface area contributed by atoms with Crippen LogP contribution in [0, 0.1) is 11.6 Å². The van der Waals surface area contributed by atoms with Crippen molar-refractivity contribution in [2.75, 3.05) is 6.61 Å². The number of esters is 1. The molecule has 0 saturated carbocycles. The quantitative estimate of drug-likeness (QED) is 0.416. The van der Waals surface area contributed by atoms with Gasteiger partial charge in [0.2, 0.25) is 5.91 Å². The Hall–Kier alpha value is -3.28. The van der Waals surface area contributed by atoms with Crippen molar-refractivity contribution >= 4 is 11.9 Å². The zero-order valence-corrected chi connectivity index (χ0v) is 18.5. The molecule has 32 heavy (non-hydrogen) atoms. The van der Waals surface area contributed by atoms with Gasteiger partial charge in [-0.3, -0.25) is 4.79 Å². The van der Waals surface area contributed by atoms with Gasteiger partial charge >= 0.3 is 5.97 Å². The maximum Gasteiger partial charge on any atom is 0.336 e. The molecule has 2 aromatic rings. The average Bonchev–Trinajstić information content (AvgIpc) is 2.77. The highest BCUT2D eigenvalue weighted by atomic mass is 19.2. The first kappa shape index (κ1) is 23.4. The number of hydrogen-bond acceptors (Lipinski definition) is 3. The second-order valence-electron chi connectivity index (χ2n) is 8.16. The number of halogens is 2. The molecule has 1 unspecified atom stereocenters. The second-order valence-corrected chi connectivity index (χ2v) is 8.16. The largest absolute Gasteiger partial charge is 0.458 e. The Morgan fingerprint density at radius 3 is 2.53 bits per heavy atom. The van der Waals surface area contributed by atoms with E-state index in [-0.39, 0.29) is 31.0 Å². The van der Waals surface area contributed by atoms with E-state index in [1.54, 1.807) is 6.92 Å². The molecule has 0 N–H and O–H groups in total. The fourth-order valence-electron chi connectivity index (χ4n) is 3.92. The lowest BCUT2D eigenvalue weighted by molar-refractivity contribution is -0.139. The molecule has 0 radical (unpaired) electrons. The van der Waals surface area contributed by atoms with E-state index in [4.69, 9.17) is 4.74 Å². The molecule has 3 rings (SSSR count). The molecule has 1 aliphatic rings. The molecule has 0 bridgehead atoms. The van der Waals surface area contributed by atoms with Crippen LogP contribution in [0.1, 0.15) is 55.7 Å². The van der Waals surface area contributed by atoms with Gasteiger partial charge in [0.25, 0.3) is 0 Å². The van der Waals surface area contributed by atoms with Gasteiger partial charge in [-0.2, -0.15) is 0 Å². The normalized spacial score (nSPS) is 16.5. The summed E-state index contributed by atoms with van der Waals surface area (Å²) < 4.78 is 33.2. The number of allylic oxidation sites excluding steroid dienone is 1. The molecule has 2 aromatic carbocycles. The van der Waals surface area contributed by atoms with E-state index < -0.39 is 23.5 Å². The van der Waals surface area contributed by atoms with Crippen LogP contribution in [0.15, 0.2) is 66.4 Å². The highest BCUT2D eigenvalue weighted by Crippen LogP contribution is 2.38. The smallest absolute Gasteiger partial charge is 0.336 e. The SMILES string of the molecule is C=CCOC(=O)C1=C(C)N(Cc2cccc(F)c2F)C(=O)CC1c1ccc(C(C)C)cc1. The van der Waals surface area contributed by atoms with Crippen LogP contribution in [0.2, 0.25) is 0 Å². The molecule has 6 heteroatoms. The lowest BCUT2D eigenvalue weighted by atomic mass is 9.83. The lowest BCUT2D eigenvalue weighted by Crippen LogP contribution is -2.38. The summed E-state index contributed by atoms with van der Waals surface area (Å²) in [5.41, 5.74) is 2.72. The molecule has 0 aromatic heterocycles. The van der Waals surface area contributed by atoms with Gasteiger partial charge in [-0.15, -0.1) is 0 Å². The van der Waals surface area contributed by atoms with Gasteiger partial charge in [-0.25, -0.2) is 13.6 Å². The van der Waals surface area contributed by atoms with Gasteiger partial charge < -0.3 is 9.64 Å². The Labute approximate surface area is 187 Å². The Bertz CT molecular complexity index is 1060. The van der Waals surface area contributed by atoms with Crippen molar-refractivity contribution in [1.29, 1.82) is 0 Å². The number of benzene rings is 2. The molecule has 1 atom stereocenters. The zero-order valence-electron chi connectivity index (χ0n) is 18.5. The van der Waals surface area contributed by atoms with E-state index in [9.17, 15) is 18.4 Å². The minimum Gasteiger partial charge on any atom is -0.458 e. The number of amides is 1. The maximum absolute atomic E-state index is 14.2. The Balaban J connectivity index is 2.03. The average molecular weight is 440 g/mol. The Kier molecular flexibility index (Phi) is 7.23. The topological polar surface area (TPSA) is 46.6 Å². The number of rotatable bonds is 7. The Morgan fingerprint density at radius 1 is 1.22 bits per heavy atom. The van der Waals surface area contributed by atoms with E-state index in [1.807, 2.05) is 24.3 Å². The van der Waals surface area contributed by atoms with Gasteiger partial charge in [0.15, 0.2) is 11.6 Å². The minimum atomic E-state index is -1.00. The van der Waals surface area contributed by atoms with Gasteiger partial charge in [0.05, 0.1) is 12.1 Å². The molecule has 1 amide bonds. The first-order chi connectivity index (χ1) is 15.2. The number of ether oxygens (including phenoxy) is 1. The summed E-state index contributed by atoms with van der Waals surface area (Å²) in [4.78, 5) is 27.3. The van der Waals surface area contributed by atoms with Crippen molar-refractivity contribution in [3.8, 4) is 0 Å². The van der Waals surface area contributed by atoms with Crippen LogP contribution in [-0.4, -0.2) is 23.4 Å². The molecule has 0 aliphatic carbocycles. The highest BCUT2D eigenvalue weighted by Gasteiger charge is 2.37. The highest BCUT2D eigenvalue weighted by molar-refractivity contribution is 5.95. The Morgan fingerprint density at radius 2 is 1.91 bits per heavy atom.